The average molecular weight is 386 g/mol. The van der Waals surface area contributed by atoms with Gasteiger partial charge in [-0.1, -0.05) is 25.1 Å². The summed E-state index contributed by atoms with van der Waals surface area (Å²) in [6.45, 7) is 2.13. The summed E-state index contributed by atoms with van der Waals surface area (Å²) in [6.07, 6.45) is 0.933. The summed E-state index contributed by atoms with van der Waals surface area (Å²) in [5.41, 5.74) is 9.88. The number of nitrogens with zero attached hydrogens (tertiary/aromatic N) is 3. The van der Waals surface area contributed by atoms with Crippen molar-refractivity contribution in [2.75, 3.05) is 19.0 Å². The van der Waals surface area contributed by atoms with Gasteiger partial charge in [0, 0.05) is 36.5 Å². The van der Waals surface area contributed by atoms with E-state index in [1.54, 1.807) is 12.1 Å². The Balaban J connectivity index is 1.82. The lowest BCUT2D eigenvalue weighted by Crippen LogP contribution is -2.19. The van der Waals surface area contributed by atoms with Gasteiger partial charge in [0.05, 0.1) is 11.4 Å². The highest BCUT2D eigenvalue weighted by atomic mass is 19.1. The van der Waals surface area contributed by atoms with Gasteiger partial charge in [0.1, 0.15) is 5.82 Å². The van der Waals surface area contributed by atoms with E-state index in [4.69, 9.17) is 10.1 Å². The van der Waals surface area contributed by atoms with Gasteiger partial charge in [-0.2, -0.15) is 5.10 Å². The molecule has 0 aliphatic carbocycles. The van der Waals surface area contributed by atoms with Gasteiger partial charge in [-0.15, -0.1) is 0 Å². The molecule has 3 aromatic carbocycles. The molecule has 0 bridgehead atoms. The molecule has 146 valence electrons. The van der Waals surface area contributed by atoms with Crippen LogP contribution in [0.25, 0.3) is 0 Å². The molecule has 29 heavy (non-hydrogen) atoms. The first kappa shape index (κ1) is 18.9. The molecule has 1 aliphatic rings. The fourth-order valence-electron chi connectivity index (χ4n) is 3.28. The van der Waals surface area contributed by atoms with Crippen molar-refractivity contribution in [2.45, 2.75) is 13.3 Å². The summed E-state index contributed by atoms with van der Waals surface area (Å²) in [7, 11) is 4.04. The van der Waals surface area contributed by atoms with Gasteiger partial charge in [-0.3, -0.25) is 5.43 Å². The summed E-state index contributed by atoms with van der Waals surface area (Å²) in [6, 6.07) is 20.8. The van der Waals surface area contributed by atoms with Crippen LogP contribution in [0.3, 0.4) is 0 Å². The summed E-state index contributed by atoms with van der Waals surface area (Å²) >= 11 is 0. The number of aliphatic imine (C=N–C) groups is 1. The summed E-state index contributed by atoms with van der Waals surface area (Å²) in [5, 5.41) is 4.69. The molecule has 0 aromatic heterocycles. The molecule has 0 amide bonds. The van der Waals surface area contributed by atoms with Gasteiger partial charge in [-0.05, 0) is 60.5 Å². The second kappa shape index (κ2) is 7.87. The van der Waals surface area contributed by atoms with E-state index in [-0.39, 0.29) is 5.82 Å². The molecule has 0 unspecified atom stereocenters. The van der Waals surface area contributed by atoms with Crippen LogP contribution in [-0.4, -0.2) is 25.6 Å². The second-order valence-electron chi connectivity index (χ2n) is 7.19. The molecule has 0 spiro atoms. The molecule has 4 nitrogen and oxygen atoms in total. The van der Waals surface area contributed by atoms with Crippen molar-refractivity contribution in [1.82, 2.24) is 5.43 Å². The highest BCUT2D eigenvalue weighted by molar-refractivity contribution is 6.18. The summed E-state index contributed by atoms with van der Waals surface area (Å²) in [4.78, 5) is 6.86. The molecule has 4 rings (SSSR count). The number of rotatable bonds is 4. The zero-order valence-electron chi connectivity index (χ0n) is 16.8. The van der Waals surface area contributed by atoms with Crippen LogP contribution in [0.2, 0.25) is 0 Å². The van der Waals surface area contributed by atoms with Crippen molar-refractivity contribution >= 4 is 22.9 Å². The normalized spacial score (nSPS) is 13.0. The Morgan fingerprint density at radius 2 is 1.59 bits per heavy atom. The third kappa shape index (κ3) is 3.90. The fraction of sp³-hybridized carbons (Fsp3) is 0.167. The zero-order valence-corrected chi connectivity index (χ0v) is 16.8. The lowest BCUT2D eigenvalue weighted by molar-refractivity contribution is 0.627. The third-order valence-corrected chi connectivity index (χ3v) is 5.00. The molecule has 1 N–H and O–H groups in total. The molecular formula is C24H23FN4. The van der Waals surface area contributed by atoms with Crippen molar-refractivity contribution in [3.05, 3.63) is 94.8 Å². The predicted molar refractivity (Wildman–Crippen MR) is 118 cm³/mol. The Bertz CT molecular complexity index is 1080. The quantitative estimate of drug-likeness (QED) is 0.694. The highest BCUT2D eigenvalue weighted by Gasteiger charge is 2.18. The van der Waals surface area contributed by atoms with Crippen LogP contribution in [0.1, 0.15) is 29.2 Å². The predicted octanol–water partition coefficient (Wildman–Crippen LogP) is 4.89. The van der Waals surface area contributed by atoms with Crippen molar-refractivity contribution in [3.8, 4) is 0 Å². The first-order valence-corrected chi connectivity index (χ1v) is 9.64. The van der Waals surface area contributed by atoms with E-state index < -0.39 is 0 Å². The van der Waals surface area contributed by atoms with Crippen molar-refractivity contribution in [3.63, 3.8) is 0 Å². The fourth-order valence-corrected chi connectivity index (χ4v) is 3.28. The number of benzene rings is 3. The molecule has 0 atom stereocenters. The van der Waals surface area contributed by atoms with E-state index in [1.165, 1.54) is 17.7 Å². The number of amidine groups is 1. The minimum atomic E-state index is -0.277. The van der Waals surface area contributed by atoms with Gasteiger partial charge in [0.25, 0.3) is 0 Å². The maximum Gasteiger partial charge on any atom is 0.154 e. The second-order valence-corrected chi connectivity index (χ2v) is 7.19. The van der Waals surface area contributed by atoms with Gasteiger partial charge < -0.3 is 4.90 Å². The van der Waals surface area contributed by atoms with Crippen LogP contribution in [0.4, 0.5) is 15.8 Å². The number of hydrogen-bond donors (Lipinski definition) is 1. The minimum Gasteiger partial charge on any atom is -0.378 e. The van der Waals surface area contributed by atoms with E-state index in [1.807, 2.05) is 20.2 Å². The molecular weight excluding hydrogens is 363 g/mol. The topological polar surface area (TPSA) is 40.0 Å². The maximum atomic E-state index is 13.3. The smallest absolute Gasteiger partial charge is 0.154 e. The molecule has 5 heteroatoms. The average Bonchev–Trinajstić information content (AvgIpc) is 2.93. The van der Waals surface area contributed by atoms with Crippen LogP contribution in [0.15, 0.2) is 76.8 Å². The van der Waals surface area contributed by atoms with Crippen molar-refractivity contribution in [2.24, 2.45) is 10.1 Å². The first-order valence-electron chi connectivity index (χ1n) is 9.64. The molecule has 0 fully saturated rings. The number of halogens is 1. The maximum absolute atomic E-state index is 13.3. The number of nitrogens with one attached hydrogen (secondary N) is 1. The summed E-state index contributed by atoms with van der Waals surface area (Å²) in [5.74, 6) is 0.316. The number of hydrazone groups is 1. The van der Waals surface area contributed by atoms with E-state index in [2.05, 4.69) is 53.6 Å². The number of hydrogen-bond acceptors (Lipinski definition) is 4. The minimum absolute atomic E-state index is 0.277. The van der Waals surface area contributed by atoms with E-state index in [9.17, 15) is 4.39 Å². The summed E-state index contributed by atoms with van der Waals surface area (Å²) < 4.78 is 13.3. The third-order valence-electron chi connectivity index (χ3n) is 5.00. The molecule has 1 aliphatic heterocycles. The van der Waals surface area contributed by atoms with Gasteiger partial charge in [-0.25, -0.2) is 9.38 Å². The van der Waals surface area contributed by atoms with Crippen LogP contribution < -0.4 is 10.3 Å². The highest BCUT2D eigenvalue weighted by Crippen LogP contribution is 2.28. The van der Waals surface area contributed by atoms with Gasteiger partial charge >= 0.3 is 0 Å². The molecule has 0 saturated carbocycles. The molecule has 3 aromatic rings. The van der Waals surface area contributed by atoms with E-state index >= 15 is 0 Å². The standard InChI is InChI=1S/C24H23FN4/c1-4-16-5-14-22-21(15-16)23(17-8-12-20(13-9-17)29(2)3)27-28-24(26-22)18-6-10-19(25)11-7-18/h5-15H,4H2,1-3H3,(H,26,28). The molecule has 0 radical (unpaired) electrons. The lowest BCUT2D eigenvalue weighted by Gasteiger charge is -2.14. The van der Waals surface area contributed by atoms with Crippen LogP contribution in [0.5, 0.6) is 0 Å². The van der Waals surface area contributed by atoms with Crippen LogP contribution >= 0.6 is 0 Å². The zero-order chi connectivity index (χ0) is 20.4. The van der Waals surface area contributed by atoms with Crippen molar-refractivity contribution < 1.29 is 4.39 Å². The van der Waals surface area contributed by atoms with Gasteiger partial charge in [0.2, 0.25) is 0 Å². The van der Waals surface area contributed by atoms with Crippen molar-refractivity contribution in [1.29, 1.82) is 0 Å². The van der Waals surface area contributed by atoms with Crippen LogP contribution in [-0.2, 0) is 6.42 Å². The monoisotopic (exact) mass is 386 g/mol. The Kier molecular flexibility index (Phi) is 5.12. The number of fused-ring (bicyclic) bond motifs is 1. The Morgan fingerprint density at radius 3 is 2.24 bits per heavy atom. The molecule has 1 heterocycles. The number of anilines is 1. The molecule has 0 saturated heterocycles. The number of aryl methyl sites for hydroxylation is 1. The lowest BCUT2D eigenvalue weighted by atomic mass is 9.97. The van der Waals surface area contributed by atoms with Crippen LogP contribution in [0, 0.1) is 5.82 Å². The first-order chi connectivity index (χ1) is 14.0. The Labute approximate surface area is 170 Å². The Morgan fingerprint density at radius 1 is 0.897 bits per heavy atom. The Hall–Kier alpha value is -3.47. The largest absolute Gasteiger partial charge is 0.378 e. The van der Waals surface area contributed by atoms with E-state index in [0.717, 1.165) is 40.2 Å². The van der Waals surface area contributed by atoms with E-state index in [0.29, 0.717) is 5.84 Å². The SMILES string of the molecule is CCc1ccc2c(c1)C(c1ccc(N(C)C)cc1)=NNC(c1ccc(F)cc1)=N2. The van der Waals surface area contributed by atoms with Gasteiger partial charge in [0.15, 0.2) is 5.84 Å².